The molecule has 0 spiro atoms. The highest BCUT2D eigenvalue weighted by Crippen LogP contribution is 2.10. The summed E-state index contributed by atoms with van der Waals surface area (Å²) >= 11 is 0. The molecule has 1 N–H and O–H groups in total. The van der Waals surface area contributed by atoms with Crippen LogP contribution in [0.15, 0.2) is 29.3 Å². The Balaban J connectivity index is 1.87. The number of aryl methyl sites for hydroxylation is 1. The SMILES string of the molecule is CN=C(NCC(=O)N1CCCCC1)N(C)Cc1ccccc1C. The Bertz CT molecular complexity index is 550. The zero-order chi connectivity index (χ0) is 16.7. The smallest absolute Gasteiger partial charge is 0.241 e. The molecule has 1 saturated heterocycles. The van der Waals surface area contributed by atoms with E-state index in [1.54, 1.807) is 7.05 Å². The molecule has 0 atom stereocenters. The van der Waals surface area contributed by atoms with Gasteiger partial charge in [-0.1, -0.05) is 24.3 Å². The van der Waals surface area contributed by atoms with E-state index >= 15 is 0 Å². The van der Waals surface area contributed by atoms with Gasteiger partial charge >= 0.3 is 0 Å². The van der Waals surface area contributed by atoms with Gasteiger partial charge < -0.3 is 15.1 Å². The summed E-state index contributed by atoms with van der Waals surface area (Å²) in [5.74, 6) is 0.911. The van der Waals surface area contributed by atoms with Crippen LogP contribution in [-0.2, 0) is 11.3 Å². The second kappa shape index (κ2) is 8.56. The summed E-state index contributed by atoms with van der Waals surface area (Å²) in [4.78, 5) is 20.5. The summed E-state index contributed by atoms with van der Waals surface area (Å²) < 4.78 is 0. The summed E-state index contributed by atoms with van der Waals surface area (Å²) in [5, 5.41) is 3.19. The van der Waals surface area contributed by atoms with Crippen molar-refractivity contribution in [2.45, 2.75) is 32.7 Å². The maximum absolute atomic E-state index is 12.2. The van der Waals surface area contributed by atoms with Crippen LogP contribution in [0.25, 0.3) is 0 Å². The van der Waals surface area contributed by atoms with Crippen LogP contribution in [0.3, 0.4) is 0 Å². The van der Waals surface area contributed by atoms with Gasteiger partial charge in [0.15, 0.2) is 5.96 Å². The zero-order valence-corrected chi connectivity index (χ0v) is 14.5. The molecule has 5 nitrogen and oxygen atoms in total. The molecule has 0 bridgehead atoms. The Hall–Kier alpha value is -2.04. The maximum Gasteiger partial charge on any atom is 0.241 e. The van der Waals surface area contributed by atoms with Crippen LogP contribution in [0.5, 0.6) is 0 Å². The first-order valence-corrected chi connectivity index (χ1v) is 8.36. The van der Waals surface area contributed by atoms with E-state index in [0.29, 0.717) is 6.54 Å². The van der Waals surface area contributed by atoms with Gasteiger partial charge in [-0.3, -0.25) is 9.79 Å². The first-order chi connectivity index (χ1) is 11.1. The first kappa shape index (κ1) is 17.3. The molecule has 0 aromatic heterocycles. The van der Waals surface area contributed by atoms with Gasteiger partial charge in [-0.15, -0.1) is 0 Å². The molecule has 126 valence electrons. The van der Waals surface area contributed by atoms with Gasteiger partial charge in [0.2, 0.25) is 5.91 Å². The Morgan fingerprint density at radius 3 is 2.61 bits per heavy atom. The van der Waals surface area contributed by atoms with Gasteiger partial charge in [-0.25, -0.2) is 0 Å². The van der Waals surface area contributed by atoms with Crippen LogP contribution >= 0.6 is 0 Å². The largest absolute Gasteiger partial charge is 0.347 e. The lowest BCUT2D eigenvalue weighted by molar-refractivity contribution is -0.130. The van der Waals surface area contributed by atoms with E-state index in [2.05, 4.69) is 29.4 Å². The van der Waals surface area contributed by atoms with Gasteiger partial charge in [0.25, 0.3) is 0 Å². The molecule has 1 aromatic carbocycles. The molecule has 0 unspecified atom stereocenters. The summed E-state index contributed by atoms with van der Waals surface area (Å²) in [6.07, 6.45) is 3.47. The van der Waals surface area contributed by atoms with Crippen LogP contribution in [-0.4, -0.2) is 55.4 Å². The van der Waals surface area contributed by atoms with Gasteiger partial charge in [-0.2, -0.15) is 0 Å². The topological polar surface area (TPSA) is 47.9 Å². The summed E-state index contributed by atoms with van der Waals surface area (Å²) in [6.45, 7) is 4.96. The van der Waals surface area contributed by atoms with Crippen molar-refractivity contribution >= 4 is 11.9 Å². The van der Waals surface area contributed by atoms with E-state index in [4.69, 9.17) is 0 Å². The molecule has 1 fully saturated rings. The Labute approximate surface area is 139 Å². The molecule has 1 aliphatic rings. The summed E-state index contributed by atoms with van der Waals surface area (Å²) in [7, 11) is 3.75. The second-order valence-electron chi connectivity index (χ2n) is 6.12. The Kier molecular flexibility index (Phi) is 6.44. The van der Waals surface area contributed by atoms with Gasteiger partial charge in [0.05, 0.1) is 6.54 Å². The van der Waals surface area contributed by atoms with Crippen molar-refractivity contribution in [3.63, 3.8) is 0 Å². The number of nitrogens with one attached hydrogen (secondary N) is 1. The van der Waals surface area contributed by atoms with Crippen LogP contribution in [0.2, 0.25) is 0 Å². The molecule has 1 aromatic rings. The molecule has 0 radical (unpaired) electrons. The third kappa shape index (κ3) is 4.98. The van der Waals surface area contributed by atoms with E-state index in [-0.39, 0.29) is 5.91 Å². The van der Waals surface area contributed by atoms with Gasteiger partial charge in [-0.05, 0) is 37.3 Å². The fourth-order valence-corrected chi connectivity index (χ4v) is 2.91. The number of carbonyl (C=O) groups excluding carboxylic acids is 1. The quantitative estimate of drug-likeness (QED) is 0.683. The number of guanidine groups is 1. The van der Waals surface area contributed by atoms with Crippen molar-refractivity contribution in [3.8, 4) is 0 Å². The fourth-order valence-electron chi connectivity index (χ4n) is 2.91. The normalized spacial score (nSPS) is 15.4. The van der Waals surface area contributed by atoms with Crippen molar-refractivity contribution in [1.82, 2.24) is 15.1 Å². The monoisotopic (exact) mass is 316 g/mol. The predicted molar refractivity (Wildman–Crippen MR) is 94.4 cm³/mol. The van der Waals surface area contributed by atoms with E-state index < -0.39 is 0 Å². The predicted octanol–water partition coefficient (Wildman–Crippen LogP) is 2.01. The number of piperidine rings is 1. The molecular formula is C18H28N4O. The van der Waals surface area contributed by atoms with E-state index in [1.807, 2.05) is 29.0 Å². The fraction of sp³-hybridized carbons (Fsp3) is 0.556. The summed E-state index contributed by atoms with van der Waals surface area (Å²) in [6, 6.07) is 8.33. The van der Waals surface area contributed by atoms with Gasteiger partial charge in [0.1, 0.15) is 0 Å². The Morgan fingerprint density at radius 1 is 1.26 bits per heavy atom. The minimum Gasteiger partial charge on any atom is -0.347 e. The average Bonchev–Trinajstić information content (AvgIpc) is 2.58. The second-order valence-corrected chi connectivity index (χ2v) is 6.12. The van der Waals surface area contributed by atoms with E-state index in [0.717, 1.165) is 38.4 Å². The number of carbonyl (C=O) groups is 1. The highest BCUT2D eigenvalue weighted by Gasteiger charge is 2.17. The molecule has 23 heavy (non-hydrogen) atoms. The minimum absolute atomic E-state index is 0.162. The number of aliphatic imine (C=N–C) groups is 1. The number of likely N-dealkylation sites (tertiary alicyclic amines) is 1. The molecule has 0 saturated carbocycles. The lowest BCUT2D eigenvalue weighted by Gasteiger charge is -2.28. The van der Waals surface area contributed by atoms with E-state index in [9.17, 15) is 4.79 Å². The third-order valence-electron chi connectivity index (χ3n) is 4.35. The number of rotatable bonds is 4. The Morgan fingerprint density at radius 2 is 1.96 bits per heavy atom. The van der Waals surface area contributed by atoms with Crippen molar-refractivity contribution < 1.29 is 4.79 Å². The molecule has 1 amide bonds. The highest BCUT2D eigenvalue weighted by atomic mass is 16.2. The van der Waals surface area contributed by atoms with Crippen molar-refractivity contribution in [2.24, 2.45) is 4.99 Å². The zero-order valence-electron chi connectivity index (χ0n) is 14.5. The van der Waals surface area contributed by atoms with Crippen LogP contribution in [0, 0.1) is 6.92 Å². The van der Waals surface area contributed by atoms with Crippen molar-refractivity contribution in [2.75, 3.05) is 33.7 Å². The summed E-state index contributed by atoms with van der Waals surface area (Å²) in [5.41, 5.74) is 2.53. The van der Waals surface area contributed by atoms with Crippen LogP contribution < -0.4 is 5.32 Å². The van der Waals surface area contributed by atoms with Gasteiger partial charge in [0, 0.05) is 33.7 Å². The average molecular weight is 316 g/mol. The molecule has 2 rings (SSSR count). The molecule has 5 heteroatoms. The number of hydrogen-bond donors (Lipinski definition) is 1. The standard InChI is InChI=1S/C18H28N4O/c1-15-9-5-6-10-16(15)14-21(3)18(19-2)20-13-17(23)22-11-7-4-8-12-22/h5-6,9-10H,4,7-8,11-14H2,1-3H3,(H,19,20). The van der Waals surface area contributed by atoms with Crippen molar-refractivity contribution in [1.29, 1.82) is 0 Å². The number of nitrogens with zero attached hydrogens (tertiary/aromatic N) is 3. The number of amides is 1. The molecule has 1 heterocycles. The molecular weight excluding hydrogens is 288 g/mol. The maximum atomic E-state index is 12.2. The van der Waals surface area contributed by atoms with Crippen molar-refractivity contribution in [3.05, 3.63) is 35.4 Å². The number of hydrogen-bond acceptors (Lipinski definition) is 2. The molecule has 1 aliphatic heterocycles. The van der Waals surface area contributed by atoms with E-state index in [1.165, 1.54) is 17.5 Å². The minimum atomic E-state index is 0.162. The number of benzene rings is 1. The van der Waals surface area contributed by atoms with Crippen LogP contribution in [0.4, 0.5) is 0 Å². The lowest BCUT2D eigenvalue weighted by Crippen LogP contribution is -2.46. The van der Waals surface area contributed by atoms with Crippen LogP contribution in [0.1, 0.15) is 30.4 Å². The first-order valence-electron chi connectivity index (χ1n) is 8.36. The lowest BCUT2D eigenvalue weighted by atomic mass is 10.1. The highest BCUT2D eigenvalue weighted by molar-refractivity contribution is 5.86. The third-order valence-corrected chi connectivity index (χ3v) is 4.35. The molecule has 0 aliphatic carbocycles.